The van der Waals surface area contributed by atoms with Crippen LogP contribution in [0.3, 0.4) is 0 Å². The van der Waals surface area contributed by atoms with Crippen LogP contribution < -0.4 is 5.32 Å². The molecule has 2 aromatic carbocycles. The van der Waals surface area contributed by atoms with Gasteiger partial charge >= 0.3 is 0 Å². The number of rotatable bonds is 3. The fourth-order valence-corrected chi connectivity index (χ4v) is 5.20. The number of nitrogens with one attached hydrogen (secondary N) is 2. The van der Waals surface area contributed by atoms with Crippen LogP contribution in [0.5, 0.6) is 0 Å². The summed E-state index contributed by atoms with van der Waals surface area (Å²) >= 11 is 2.15. The SMILES string of the molecule is Cc1cc2ccccc2[nH]1.Cc1cccc(CSC2CCCC2)c1.OC1CCNC1. The number of hydrogen-bond acceptors (Lipinski definition) is 3. The van der Waals surface area contributed by atoms with Gasteiger partial charge in [0.2, 0.25) is 0 Å². The molecule has 1 saturated heterocycles. The molecule has 2 fully saturated rings. The topological polar surface area (TPSA) is 48.0 Å². The Morgan fingerprint density at radius 3 is 2.40 bits per heavy atom. The summed E-state index contributed by atoms with van der Waals surface area (Å²) in [5.41, 5.74) is 5.32. The third-order valence-electron chi connectivity index (χ3n) is 5.57. The number of H-pyrrole nitrogens is 1. The molecule has 0 amide bonds. The first kappa shape index (κ1) is 22.9. The third kappa shape index (κ3) is 7.82. The Morgan fingerprint density at radius 1 is 0.967 bits per heavy atom. The second kappa shape index (κ2) is 12.2. The second-order valence-corrected chi connectivity index (χ2v) is 9.68. The number of fused-ring (bicyclic) bond motifs is 1. The summed E-state index contributed by atoms with van der Waals surface area (Å²) in [6.45, 7) is 6.02. The highest BCUT2D eigenvalue weighted by Gasteiger charge is 2.14. The fourth-order valence-electron chi connectivity index (χ4n) is 3.93. The lowest BCUT2D eigenvalue weighted by atomic mass is 10.2. The van der Waals surface area contributed by atoms with E-state index in [-0.39, 0.29) is 6.10 Å². The first-order chi connectivity index (χ1) is 14.6. The number of aromatic nitrogens is 1. The number of aliphatic hydroxyl groups excluding tert-OH is 1. The predicted molar refractivity (Wildman–Crippen MR) is 131 cm³/mol. The zero-order valence-electron chi connectivity index (χ0n) is 18.4. The van der Waals surface area contributed by atoms with Crippen molar-refractivity contribution in [3.8, 4) is 0 Å². The Hall–Kier alpha value is -1.75. The highest BCUT2D eigenvalue weighted by Crippen LogP contribution is 2.31. The molecule has 3 N–H and O–H groups in total. The summed E-state index contributed by atoms with van der Waals surface area (Å²) in [5, 5.41) is 13.9. The second-order valence-electron chi connectivity index (χ2n) is 8.39. The van der Waals surface area contributed by atoms with Gasteiger partial charge in [-0.05, 0) is 62.7 Å². The number of benzene rings is 2. The summed E-state index contributed by atoms with van der Waals surface area (Å²) in [6, 6.07) is 19.3. The van der Waals surface area contributed by atoms with E-state index in [1.165, 1.54) is 59.2 Å². The first-order valence-corrected chi connectivity index (χ1v) is 12.3. The van der Waals surface area contributed by atoms with Gasteiger partial charge in [-0.2, -0.15) is 11.8 Å². The van der Waals surface area contributed by atoms with E-state index in [0.717, 1.165) is 24.8 Å². The number of aryl methyl sites for hydroxylation is 2. The fraction of sp³-hybridized carbons (Fsp3) is 0.462. The lowest BCUT2D eigenvalue weighted by Gasteiger charge is -2.08. The maximum Gasteiger partial charge on any atom is 0.0676 e. The van der Waals surface area contributed by atoms with Crippen molar-refractivity contribution in [1.29, 1.82) is 0 Å². The molecule has 162 valence electrons. The van der Waals surface area contributed by atoms with Gasteiger partial charge in [0.15, 0.2) is 0 Å². The molecule has 3 aromatic rings. The van der Waals surface area contributed by atoms with Gasteiger partial charge in [-0.15, -0.1) is 0 Å². The molecule has 4 heteroatoms. The van der Waals surface area contributed by atoms with Crippen LogP contribution in [0.15, 0.2) is 54.6 Å². The number of β-amino-alcohol motifs (C(OH)–C–C–N with tert-alkyl or cyclic N) is 1. The van der Waals surface area contributed by atoms with E-state index in [0.29, 0.717) is 0 Å². The van der Waals surface area contributed by atoms with Crippen LogP contribution in [0.25, 0.3) is 10.9 Å². The summed E-state index contributed by atoms with van der Waals surface area (Å²) < 4.78 is 0. The van der Waals surface area contributed by atoms with Crippen LogP contribution in [-0.2, 0) is 5.75 Å². The monoisotopic (exact) mass is 424 g/mol. The molecule has 1 atom stereocenters. The van der Waals surface area contributed by atoms with E-state index in [2.05, 4.69) is 84.4 Å². The number of para-hydroxylation sites is 1. The summed E-state index contributed by atoms with van der Waals surface area (Å²) in [7, 11) is 0. The molecule has 1 aliphatic carbocycles. The lowest BCUT2D eigenvalue weighted by molar-refractivity contribution is 0.196. The van der Waals surface area contributed by atoms with Crippen LogP contribution in [0.4, 0.5) is 0 Å². The maximum absolute atomic E-state index is 8.67. The van der Waals surface area contributed by atoms with Crippen molar-refractivity contribution in [3.63, 3.8) is 0 Å². The Kier molecular flexibility index (Phi) is 9.31. The average molecular weight is 425 g/mol. The molecule has 2 aliphatic rings. The predicted octanol–water partition coefficient (Wildman–Crippen LogP) is 5.99. The van der Waals surface area contributed by atoms with Gasteiger partial charge in [-0.25, -0.2) is 0 Å². The Bertz CT molecular complexity index is 846. The summed E-state index contributed by atoms with van der Waals surface area (Å²) in [6.07, 6.45) is 6.65. The molecule has 1 saturated carbocycles. The van der Waals surface area contributed by atoms with Crippen molar-refractivity contribution < 1.29 is 5.11 Å². The van der Waals surface area contributed by atoms with E-state index in [1.807, 2.05) is 6.07 Å². The molecule has 0 spiro atoms. The van der Waals surface area contributed by atoms with E-state index in [4.69, 9.17) is 5.11 Å². The molecule has 2 heterocycles. The third-order valence-corrected chi connectivity index (χ3v) is 7.01. The number of aliphatic hydroxyl groups is 1. The van der Waals surface area contributed by atoms with Crippen LogP contribution in [0.2, 0.25) is 0 Å². The highest BCUT2D eigenvalue weighted by atomic mass is 32.2. The molecule has 0 radical (unpaired) electrons. The van der Waals surface area contributed by atoms with Crippen molar-refractivity contribution >= 4 is 22.7 Å². The average Bonchev–Trinajstić information content (AvgIpc) is 3.49. The van der Waals surface area contributed by atoms with Gasteiger partial charge in [0.25, 0.3) is 0 Å². The van der Waals surface area contributed by atoms with Gasteiger partial charge in [0, 0.05) is 28.8 Å². The van der Waals surface area contributed by atoms with E-state index in [9.17, 15) is 0 Å². The molecule has 5 rings (SSSR count). The van der Waals surface area contributed by atoms with Crippen molar-refractivity contribution in [2.45, 2.75) is 63.1 Å². The smallest absolute Gasteiger partial charge is 0.0676 e. The van der Waals surface area contributed by atoms with Crippen LogP contribution in [0, 0.1) is 13.8 Å². The van der Waals surface area contributed by atoms with E-state index >= 15 is 0 Å². The van der Waals surface area contributed by atoms with Crippen molar-refractivity contribution in [2.75, 3.05) is 13.1 Å². The van der Waals surface area contributed by atoms with Crippen molar-refractivity contribution in [2.24, 2.45) is 0 Å². The number of aromatic amines is 1. The molecular formula is C26H36N2OS. The molecule has 1 aliphatic heterocycles. The number of hydrogen-bond donors (Lipinski definition) is 3. The van der Waals surface area contributed by atoms with Gasteiger partial charge in [0.05, 0.1) is 6.10 Å². The Morgan fingerprint density at radius 2 is 1.77 bits per heavy atom. The van der Waals surface area contributed by atoms with E-state index in [1.54, 1.807) is 0 Å². The quantitative estimate of drug-likeness (QED) is 0.484. The largest absolute Gasteiger partial charge is 0.392 e. The molecule has 1 unspecified atom stereocenters. The molecular weight excluding hydrogens is 388 g/mol. The minimum atomic E-state index is -0.0648. The molecule has 0 bridgehead atoms. The molecule has 3 nitrogen and oxygen atoms in total. The first-order valence-electron chi connectivity index (χ1n) is 11.2. The zero-order chi connectivity index (χ0) is 21.2. The normalized spacial score (nSPS) is 18.6. The summed E-state index contributed by atoms with van der Waals surface area (Å²) in [4.78, 5) is 3.26. The molecule has 1 aromatic heterocycles. The molecule has 30 heavy (non-hydrogen) atoms. The van der Waals surface area contributed by atoms with Gasteiger partial charge < -0.3 is 15.4 Å². The standard InChI is InChI=1S/C13H18S.C9H9N.C4H9NO/c1-11-5-4-6-12(9-11)10-14-13-7-2-3-8-13;1-7-6-8-4-2-3-5-9(8)10-7;6-4-1-2-5-3-4/h4-6,9,13H,2-3,7-8,10H2,1H3;2-6,10H,1H3;4-6H,1-3H2. The summed E-state index contributed by atoms with van der Waals surface area (Å²) in [5.74, 6) is 1.20. The van der Waals surface area contributed by atoms with Gasteiger partial charge in [-0.1, -0.05) is 60.9 Å². The minimum absolute atomic E-state index is 0.0648. The van der Waals surface area contributed by atoms with Crippen LogP contribution in [-0.4, -0.2) is 34.5 Å². The Labute approximate surface area is 185 Å². The van der Waals surface area contributed by atoms with Crippen molar-refractivity contribution in [1.82, 2.24) is 10.3 Å². The van der Waals surface area contributed by atoms with Gasteiger partial charge in [-0.3, -0.25) is 0 Å². The van der Waals surface area contributed by atoms with Gasteiger partial charge in [0.1, 0.15) is 0 Å². The van der Waals surface area contributed by atoms with Crippen LogP contribution >= 0.6 is 11.8 Å². The minimum Gasteiger partial charge on any atom is -0.392 e. The van der Waals surface area contributed by atoms with E-state index < -0.39 is 0 Å². The maximum atomic E-state index is 8.67. The van der Waals surface area contributed by atoms with Crippen LogP contribution in [0.1, 0.15) is 48.9 Å². The number of thioether (sulfide) groups is 1. The zero-order valence-corrected chi connectivity index (χ0v) is 19.2. The highest BCUT2D eigenvalue weighted by molar-refractivity contribution is 7.99. The van der Waals surface area contributed by atoms with Crippen molar-refractivity contribution in [3.05, 3.63) is 71.4 Å². The lowest BCUT2D eigenvalue weighted by Crippen LogP contribution is -2.11. The Balaban J connectivity index is 0.000000139.